The van der Waals surface area contributed by atoms with E-state index in [1.165, 1.54) is 0 Å². The first-order valence-electron chi connectivity index (χ1n) is 8.49. The molecule has 0 bridgehead atoms. The molecule has 1 aromatic heterocycles. The highest BCUT2D eigenvalue weighted by atomic mass is 16.5. The third-order valence-electron chi connectivity index (χ3n) is 3.88. The van der Waals surface area contributed by atoms with Gasteiger partial charge in [-0.1, -0.05) is 12.1 Å². The van der Waals surface area contributed by atoms with Crippen LogP contribution in [0.3, 0.4) is 0 Å². The minimum absolute atomic E-state index is 0.0584. The molecule has 0 fully saturated rings. The number of benzene rings is 2. The average molecular weight is 358 g/mol. The number of hydrogen-bond acceptors (Lipinski definition) is 5. The molecular formula is C21H18N4O2. The minimum Gasteiger partial charge on any atom is -0.490 e. The summed E-state index contributed by atoms with van der Waals surface area (Å²) in [6, 6.07) is 15.3. The summed E-state index contributed by atoms with van der Waals surface area (Å²) in [6.07, 6.45) is 1.74. The second-order valence-electron chi connectivity index (χ2n) is 5.86. The first-order chi connectivity index (χ1) is 13.1. The zero-order valence-corrected chi connectivity index (χ0v) is 15.1. The molecule has 27 heavy (non-hydrogen) atoms. The number of H-pyrrole nitrogens is 1. The molecule has 134 valence electrons. The number of rotatable bonds is 6. The van der Waals surface area contributed by atoms with Crippen LogP contribution < -0.4 is 9.47 Å². The summed E-state index contributed by atoms with van der Waals surface area (Å²) >= 11 is 0. The number of aromatic amines is 1. The van der Waals surface area contributed by atoms with E-state index in [2.05, 4.69) is 16.0 Å². The van der Waals surface area contributed by atoms with Crippen molar-refractivity contribution in [2.75, 3.05) is 13.2 Å². The van der Waals surface area contributed by atoms with Gasteiger partial charge in [0.1, 0.15) is 18.0 Å². The van der Waals surface area contributed by atoms with Gasteiger partial charge in [0.15, 0.2) is 18.1 Å². The zero-order valence-electron chi connectivity index (χ0n) is 15.1. The number of fused-ring (bicyclic) bond motifs is 1. The van der Waals surface area contributed by atoms with Gasteiger partial charge >= 0.3 is 0 Å². The van der Waals surface area contributed by atoms with Crippen molar-refractivity contribution in [2.24, 2.45) is 0 Å². The van der Waals surface area contributed by atoms with Crippen molar-refractivity contribution in [2.45, 2.75) is 13.8 Å². The van der Waals surface area contributed by atoms with E-state index >= 15 is 0 Å². The smallest absolute Gasteiger partial charge is 0.174 e. The summed E-state index contributed by atoms with van der Waals surface area (Å²) in [6.45, 7) is 4.28. The molecule has 2 aromatic carbocycles. The number of aromatic nitrogens is 2. The fourth-order valence-electron chi connectivity index (χ4n) is 2.68. The van der Waals surface area contributed by atoms with E-state index in [4.69, 9.17) is 14.7 Å². The summed E-state index contributed by atoms with van der Waals surface area (Å²) in [5, 5.41) is 18.3. The molecule has 0 saturated heterocycles. The van der Waals surface area contributed by atoms with Gasteiger partial charge < -0.3 is 14.5 Å². The van der Waals surface area contributed by atoms with Crippen LogP contribution in [0.2, 0.25) is 0 Å². The summed E-state index contributed by atoms with van der Waals surface area (Å²) in [5.41, 5.74) is 4.01. The Hall–Kier alpha value is -3.77. The quantitative estimate of drug-likeness (QED) is 0.665. The van der Waals surface area contributed by atoms with E-state index in [1.807, 2.05) is 38.1 Å². The maximum Gasteiger partial charge on any atom is 0.174 e. The molecule has 0 amide bonds. The van der Waals surface area contributed by atoms with Crippen LogP contribution in [-0.4, -0.2) is 23.2 Å². The van der Waals surface area contributed by atoms with Gasteiger partial charge in [0.05, 0.1) is 23.2 Å². The van der Waals surface area contributed by atoms with Crippen LogP contribution in [0.4, 0.5) is 0 Å². The van der Waals surface area contributed by atoms with Gasteiger partial charge in [-0.2, -0.15) is 10.5 Å². The fraction of sp³-hybridized carbons (Fsp3) is 0.190. The Morgan fingerprint density at radius 3 is 2.74 bits per heavy atom. The van der Waals surface area contributed by atoms with Crippen molar-refractivity contribution in [3.63, 3.8) is 0 Å². The fourth-order valence-corrected chi connectivity index (χ4v) is 2.68. The van der Waals surface area contributed by atoms with Gasteiger partial charge in [-0.3, -0.25) is 0 Å². The van der Waals surface area contributed by atoms with Crippen LogP contribution in [-0.2, 0) is 0 Å². The Morgan fingerprint density at radius 2 is 2.00 bits per heavy atom. The first kappa shape index (κ1) is 18.0. The van der Waals surface area contributed by atoms with Gasteiger partial charge in [-0.25, -0.2) is 4.98 Å². The maximum absolute atomic E-state index is 9.59. The number of nitrogens with one attached hydrogen (secondary N) is 1. The highest BCUT2D eigenvalue weighted by molar-refractivity contribution is 5.90. The number of imidazole rings is 1. The normalized spacial score (nSPS) is 11.0. The average Bonchev–Trinajstić information content (AvgIpc) is 3.08. The number of ether oxygens (including phenoxy) is 2. The summed E-state index contributed by atoms with van der Waals surface area (Å²) in [5.74, 6) is 1.54. The second kappa shape index (κ2) is 8.07. The maximum atomic E-state index is 9.59. The Balaban J connectivity index is 1.98. The van der Waals surface area contributed by atoms with E-state index in [0.717, 1.165) is 22.2 Å². The van der Waals surface area contributed by atoms with E-state index in [-0.39, 0.29) is 6.61 Å². The summed E-state index contributed by atoms with van der Waals surface area (Å²) in [4.78, 5) is 7.69. The predicted octanol–water partition coefficient (Wildman–Crippen LogP) is 4.24. The second-order valence-corrected chi connectivity index (χ2v) is 5.86. The number of nitrogens with zero attached hydrogens (tertiary/aromatic N) is 3. The third kappa shape index (κ3) is 4.08. The van der Waals surface area contributed by atoms with E-state index in [9.17, 15) is 5.26 Å². The molecule has 0 atom stereocenters. The van der Waals surface area contributed by atoms with Crippen molar-refractivity contribution in [3.8, 4) is 23.6 Å². The predicted molar refractivity (Wildman–Crippen MR) is 103 cm³/mol. The van der Waals surface area contributed by atoms with Gasteiger partial charge in [-0.15, -0.1) is 0 Å². The molecule has 0 radical (unpaired) electrons. The molecule has 1 heterocycles. The van der Waals surface area contributed by atoms with Crippen molar-refractivity contribution in [3.05, 3.63) is 53.3 Å². The number of nitriles is 2. The molecular weight excluding hydrogens is 340 g/mol. The Morgan fingerprint density at radius 1 is 1.15 bits per heavy atom. The Bertz CT molecular complexity index is 1080. The highest BCUT2D eigenvalue weighted by Crippen LogP contribution is 2.30. The largest absolute Gasteiger partial charge is 0.490 e. The Labute approximate surface area is 157 Å². The van der Waals surface area contributed by atoms with Gasteiger partial charge in [0.25, 0.3) is 0 Å². The van der Waals surface area contributed by atoms with Crippen LogP contribution in [0.15, 0.2) is 36.4 Å². The minimum atomic E-state index is -0.0584. The summed E-state index contributed by atoms with van der Waals surface area (Å²) < 4.78 is 11.0. The van der Waals surface area contributed by atoms with Crippen molar-refractivity contribution in [1.82, 2.24) is 9.97 Å². The molecule has 3 rings (SSSR count). The molecule has 0 unspecified atom stereocenters. The van der Waals surface area contributed by atoms with Crippen LogP contribution >= 0.6 is 0 Å². The Kier molecular flexibility index (Phi) is 5.39. The molecule has 0 spiro atoms. The topological polar surface area (TPSA) is 94.7 Å². The highest BCUT2D eigenvalue weighted by Gasteiger charge is 2.10. The standard InChI is InChI=1S/C21H18N4O2/c1-3-26-20-12-15(5-7-19(20)27-9-8-22)11-16(13-23)21-24-17-6-4-14(2)10-18(17)25-21/h4-7,10-12H,3,9H2,1-2H3,(H,24,25)/b16-11-. The molecule has 3 aromatic rings. The molecule has 0 saturated carbocycles. The first-order valence-corrected chi connectivity index (χ1v) is 8.49. The third-order valence-corrected chi connectivity index (χ3v) is 3.88. The molecule has 0 aliphatic carbocycles. The molecule has 6 nitrogen and oxygen atoms in total. The van der Waals surface area contributed by atoms with Crippen LogP contribution in [0.25, 0.3) is 22.7 Å². The number of allylic oxidation sites excluding steroid dienone is 1. The number of aryl methyl sites for hydroxylation is 1. The van der Waals surface area contributed by atoms with Crippen molar-refractivity contribution >= 4 is 22.7 Å². The van der Waals surface area contributed by atoms with E-state index < -0.39 is 0 Å². The lowest BCUT2D eigenvalue weighted by atomic mass is 10.1. The van der Waals surface area contributed by atoms with Crippen molar-refractivity contribution < 1.29 is 9.47 Å². The van der Waals surface area contributed by atoms with E-state index in [1.54, 1.807) is 24.3 Å². The monoisotopic (exact) mass is 358 g/mol. The van der Waals surface area contributed by atoms with Crippen LogP contribution in [0, 0.1) is 29.6 Å². The zero-order chi connectivity index (χ0) is 19.2. The number of hydrogen-bond donors (Lipinski definition) is 1. The lowest BCUT2D eigenvalue weighted by Gasteiger charge is -2.10. The summed E-state index contributed by atoms with van der Waals surface area (Å²) in [7, 11) is 0. The molecule has 0 aliphatic heterocycles. The van der Waals surface area contributed by atoms with E-state index in [0.29, 0.717) is 29.5 Å². The van der Waals surface area contributed by atoms with Crippen LogP contribution in [0.1, 0.15) is 23.9 Å². The SMILES string of the molecule is CCOc1cc(/C=C(/C#N)c2nc3ccc(C)cc3[nH]2)ccc1OCC#N. The lowest BCUT2D eigenvalue weighted by molar-refractivity contribution is 0.298. The van der Waals surface area contributed by atoms with Crippen molar-refractivity contribution in [1.29, 1.82) is 10.5 Å². The molecule has 6 heteroatoms. The van der Waals surface area contributed by atoms with Gasteiger partial charge in [0, 0.05) is 0 Å². The van der Waals surface area contributed by atoms with Gasteiger partial charge in [-0.05, 0) is 55.3 Å². The lowest BCUT2D eigenvalue weighted by Crippen LogP contribution is -1.99. The molecule has 0 aliphatic rings. The molecule has 1 N–H and O–H groups in total. The van der Waals surface area contributed by atoms with Gasteiger partial charge in [0.2, 0.25) is 0 Å². The van der Waals surface area contributed by atoms with Crippen LogP contribution in [0.5, 0.6) is 11.5 Å².